The molecule has 1 aromatic heterocycles. The van der Waals surface area contributed by atoms with Crippen LogP contribution in [0.1, 0.15) is 16.7 Å². The molecular formula is C14H18N2O. The van der Waals surface area contributed by atoms with Crippen LogP contribution < -0.4 is 10.1 Å². The molecule has 3 heteroatoms. The number of hydrogen-bond donors (Lipinski definition) is 2. The molecule has 0 saturated carbocycles. The predicted octanol–water partition coefficient (Wildman–Crippen LogP) is 2.17. The number of ether oxygens (including phenoxy) is 1. The van der Waals surface area contributed by atoms with Gasteiger partial charge in [-0.25, -0.2) is 0 Å². The maximum absolute atomic E-state index is 5.69. The second kappa shape index (κ2) is 4.08. The van der Waals surface area contributed by atoms with E-state index in [0.717, 1.165) is 31.7 Å². The summed E-state index contributed by atoms with van der Waals surface area (Å²) in [7, 11) is 1.99. The second-order valence-electron chi connectivity index (χ2n) is 4.69. The number of hydrogen-bond acceptors (Lipinski definition) is 2. The molecule has 2 N–H and O–H groups in total. The lowest BCUT2D eigenvalue weighted by Gasteiger charge is -2.06. The Morgan fingerprint density at radius 3 is 3.18 bits per heavy atom. The largest absolute Gasteiger partial charge is 0.493 e. The van der Waals surface area contributed by atoms with E-state index in [2.05, 4.69) is 29.5 Å². The minimum atomic E-state index is 0.824. The van der Waals surface area contributed by atoms with Crippen LogP contribution in [0.4, 0.5) is 0 Å². The normalized spacial score (nSPS) is 14.0. The van der Waals surface area contributed by atoms with Crippen LogP contribution in [0.5, 0.6) is 5.75 Å². The van der Waals surface area contributed by atoms with Crippen LogP contribution in [0, 0.1) is 6.92 Å². The van der Waals surface area contributed by atoms with Crippen LogP contribution in [0.25, 0.3) is 10.9 Å². The highest BCUT2D eigenvalue weighted by Crippen LogP contribution is 2.36. The SMILES string of the molecule is CNCCc1c[nH]c2c(C)cc3c(c12)CCO3. The molecule has 0 spiro atoms. The van der Waals surface area contributed by atoms with Gasteiger partial charge in [-0.05, 0) is 44.1 Å². The van der Waals surface area contributed by atoms with E-state index in [9.17, 15) is 0 Å². The maximum Gasteiger partial charge on any atom is 0.123 e. The van der Waals surface area contributed by atoms with Crippen molar-refractivity contribution in [2.45, 2.75) is 19.8 Å². The molecule has 1 aromatic carbocycles. The zero-order valence-corrected chi connectivity index (χ0v) is 10.4. The van der Waals surface area contributed by atoms with E-state index in [-0.39, 0.29) is 0 Å². The summed E-state index contributed by atoms with van der Waals surface area (Å²) in [6.07, 6.45) is 4.25. The minimum absolute atomic E-state index is 0.824. The van der Waals surface area contributed by atoms with Crippen LogP contribution >= 0.6 is 0 Å². The Labute approximate surface area is 101 Å². The van der Waals surface area contributed by atoms with Gasteiger partial charge in [0.25, 0.3) is 0 Å². The van der Waals surface area contributed by atoms with E-state index >= 15 is 0 Å². The lowest BCUT2D eigenvalue weighted by Crippen LogP contribution is -2.10. The summed E-state index contributed by atoms with van der Waals surface area (Å²) in [6, 6.07) is 2.16. The Balaban J connectivity index is 2.19. The Morgan fingerprint density at radius 2 is 2.35 bits per heavy atom. The van der Waals surface area contributed by atoms with Gasteiger partial charge < -0.3 is 15.0 Å². The maximum atomic E-state index is 5.69. The van der Waals surface area contributed by atoms with E-state index < -0.39 is 0 Å². The van der Waals surface area contributed by atoms with Crippen molar-refractivity contribution >= 4 is 10.9 Å². The summed E-state index contributed by atoms with van der Waals surface area (Å²) >= 11 is 0. The summed E-state index contributed by atoms with van der Waals surface area (Å²) < 4.78 is 5.69. The first-order valence-corrected chi connectivity index (χ1v) is 6.21. The number of fused-ring (bicyclic) bond motifs is 3. The van der Waals surface area contributed by atoms with Crippen LogP contribution in [-0.4, -0.2) is 25.2 Å². The number of aryl methyl sites for hydroxylation is 1. The van der Waals surface area contributed by atoms with Crippen molar-refractivity contribution in [3.8, 4) is 5.75 Å². The second-order valence-corrected chi connectivity index (χ2v) is 4.69. The van der Waals surface area contributed by atoms with Gasteiger partial charge in [-0.2, -0.15) is 0 Å². The molecule has 3 nitrogen and oxygen atoms in total. The molecule has 0 aliphatic carbocycles. The number of likely N-dealkylation sites (N-methyl/N-ethyl adjacent to an activating group) is 1. The fourth-order valence-electron chi connectivity index (χ4n) is 2.70. The van der Waals surface area contributed by atoms with Crippen LogP contribution in [0.2, 0.25) is 0 Å². The molecular weight excluding hydrogens is 212 g/mol. The van der Waals surface area contributed by atoms with Crippen LogP contribution in [0.15, 0.2) is 12.3 Å². The number of aromatic amines is 1. The average Bonchev–Trinajstić information content (AvgIpc) is 2.91. The van der Waals surface area contributed by atoms with E-state index in [1.807, 2.05) is 7.05 Å². The Hall–Kier alpha value is -1.48. The summed E-state index contributed by atoms with van der Waals surface area (Å²) in [5.74, 6) is 1.08. The topological polar surface area (TPSA) is 37.0 Å². The number of H-pyrrole nitrogens is 1. The van der Waals surface area contributed by atoms with Crippen molar-refractivity contribution in [1.82, 2.24) is 10.3 Å². The molecule has 0 fully saturated rings. The standard InChI is InChI=1S/C14H18N2O/c1-9-7-12-11(4-6-17-12)13-10(3-5-15-2)8-16-14(9)13/h7-8,15-16H,3-6H2,1-2H3. The van der Waals surface area contributed by atoms with Crippen LogP contribution in [0.3, 0.4) is 0 Å². The molecule has 0 saturated heterocycles. The van der Waals surface area contributed by atoms with Gasteiger partial charge in [0.05, 0.1) is 6.61 Å². The van der Waals surface area contributed by atoms with Crippen molar-refractivity contribution in [2.24, 2.45) is 0 Å². The molecule has 0 atom stereocenters. The monoisotopic (exact) mass is 230 g/mol. The highest BCUT2D eigenvalue weighted by Gasteiger charge is 2.19. The lowest BCUT2D eigenvalue weighted by molar-refractivity contribution is 0.356. The summed E-state index contributed by atoms with van der Waals surface area (Å²) in [5, 5.41) is 4.60. The third kappa shape index (κ3) is 1.62. The molecule has 17 heavy (non-hydrogen) atoms. The van der Waals surface area contributed by atoms with Crippen molar-refractivity contribution in [1.29, 1.82) is 0 Å². The van der Waals surface area contributed by atoms with Crippen molar-refractivity contribution in [2.75, 3.05) is 20.2 Å². The molecule has 1 aliphatic heterocycles. The number of rotatable bonds is 3. The van der Waals surface area contributed by atoms with E-state index in [0.29, 0.717) is 0 Å². The van der Waals surface area contributed by atoms with Gasteiger partial charge >= 0.3 is 0 Å². The average molecular weight is 230 g/mol. The van der Waals surface area contributed by atoms with Crippen molar-refractivity contribution in [3.63, 3.8) is 0 Å². The third-order valence-corrected chi connectivity index (χ3v) is 3.56. The fraction of sp³-hybridized carbons (Fsp3) is 0.429. The predicted molar refractivity (Wildman–Crippen MR) is 69.9 cm³/mol. The smallest absolute Gasteiger partial charge is 0.123 e. The number of nitrogens with one attached hydrogen (secondary N) is 2. The first-order chi connectivity index (χ1) is 8.31. The number of benzene rings is 1. The van der Waals surface area contributed by atoms with Gasteiger partial charge in [-0.1, -0.05) is 0 Å². The summed E-state index contributed by atoms with van der Waals surface area (Å²) in [4.78, 5) is 3.41. The van der Waals surface area contributed by atoms with Gasteiger partial charge in [0.15, 0.2) is 0 Å². The Kier molecular flexibility index (Phi) is 2.56. The zero-order valence-electron chi connectivity index (χ0n) is 10.4. The van der Waals surface area contributed by atoms with Gasteiger partial charge in [-0.15, -0.1) is 0 Å². The van der Waals surface area contributed by atoms with Crippen molar-refractivity contribution < 1.29 is 4.74 Å². The molecule has 1 aliphatic rings. The fourth-order valence-corrected chi connectivity index (χ4v) is 2.70. The van der Waals surface area contributed by atoms with Gasteiger partial charge in [0, 0.05) is 29.1 Å². The van der Waals surface area contributed by atoms with Crippen LogP contribution in [-0.2, 0) is 12.8 Å². The van der Waals surface area contributed by atoms with Gasteiger partial charge in [-0.3, -0.25) is 0 Å². The summed E-state index contributed by atoms with van der Waals surface area (Å²) in [6.45, 7) is 3.98. The molecule has 2 aromatic rings. The zero-order chi connectivity index (χ0) is 11.8. The molecule has 3 rings (SSSR count). The van der Waals surface area contributed by atoms with E-state index in [4.69, 9.17) is 4.74 Å². The highest BCUT2D eigenvalue weighted by molar-refractivity contribution is 5.91. The quantitative estimate of drug-likeness (QED) is 0.848. The molecule has 0 unspecified atom stereocenters. The van der Waals surface area contributed by atoms with E-state index in [1.165, 1.54) is 27.6 Å². The van der Waals surface area contributed by atoms with E-state index in [1.54, 1.807) is 0 Å². The lowest BCUT2D eigenvalue weighted by atomic mass is 10.00. The van der Waals surface area contributed by atoms with Crippen molar-refractivity contribution in [3.05, 3.63) is 29.0 Å². The number of aromatic nitrogens is 1. The molecule has 0 bridgehead atoms. The third-order valence-electron chi connectivity index (χ3n) is 3.56. The summed E-state index contributed by atoms with van der Waals surface area (Å²) in [5.41, 5.74) is 5.34. The molecule has 0 amide bonds. The highest BCUT2D eigenvalue weighted by atomic mass is 16.5. The Bertz CT molecular complexity index is 557. The van der Waals surface area contributed by atoms with Gasteiger partial charge in [0.1, 0.15) is 5.75 Å². The van der Waals surface area contributed by atoms with Gasteiger partial charge in [0.2, 0.25) is 0 Å². The minimum Gasteiger partial charge on any atom is -0.493 e. The Morgan fingerprint density at radius 1 is 1.47 bits per heavy atom. The first kappa shape index (κ1) is 10.7. The molecule has 90 valence electrons. The molecule has 2 heterocycles. The molecule has 0 radical (unpaired) electrons. The first-order valence-electron chi connectivity index (χ1n) is 6.21.